The van der Waals surface area contributed by atoms with Crippen LogP contribution in [-0.2, 0) is 16.8 Å². The number of ether oxygens (including phenoxy) is 1. The Morgan fingerprint density at radius 3 is 2.42 bits per heavy atom. The molecule has 138 valence electrons. The number of benzene rings is 2. The highest BCUT2D eigenvalue weighted by Gasteiger charge is 2.14. The Bertz CT molecular complexity index is 795. The van der Waals surface area contributed by atoms with E-state index in [4.69, 9.17) is 4.74 Å². The molecular weight excluding hydrogens is 336 g/mol. The molecule has 1 amide bonds. The molecule has 0 fully saturated rings. The minimum atomic E-state index is -0.560. The Labute approximate surface area is 151 Å². The van der Waals surface area contributed by atoms with Crippen LogP contribution in [0, 0.1) is 10.1 Å². The van der Waals surface area contributed by atoms with Crippen LogP contribution in [0.5, 0.6) is 11.5 Å². The molecule has 7 nitrogen and oxygen atoms in total. The second kappa shape index (κ2) is 7.86. The van der Waals surface area contributed by atoms with Gasteiger partial charge < -0.3 is 15.2 Å². The first-order chi connectivity index (χ1) is 12.2. The van der Waals surface area contributed by atoms with Gasteiger partial charge in [-0.3, -0.25) is 14.9 Å². The minimum Gasteiger partial charge on any atom is -0.508 e. The van der Waals surface area contributed by atoms with Gasteiger partial charge in [0.25, 0.3) is 11.6 Å². The van der Waals surface area contributed by atoms with Gasteiger partial charge in [0.05, 0.1) is 4.92 Å². The molecule has 0 saturated heterocycles. The van der Waals surface area contributed by atoms with Crippen LogP contribution < -0.4 is 10.1 Å². The molecule has 0 bridgehead atoms. The minimum absolute atomic E-state index is 0.0291. The number of hydrogen-bond acceptors (Lipinski definition) is 5. The molecule has 0 spiro atoms. The van der Waals surface area contributed by atoms with Crippen LogP contribution in [0.2, 0.25) is 0 Å². The van der Waals surface area contributed by atoms with Gasteiger partial charge in [0.2, 0.25) is 0 Å². The van der Waals surface area contributed by atoms with Crippen molar-refractivity contribution in [1.29, 1.82) is 0 Å². The summed E-state index contributed by atoms with van der Waals surface area (Å²) in [6.07, 6.45) is 0. The largest absolute Gasteiger partial charge is 0.508 e. The average molecular weight is 358 g/mol. The smallest absolute Gasteiger partial charge is 0.270 e. The van der Waals surface area contributed by atoms with Gasteiger partial charge in [-0.25, -0.2) is 0 Å². The predicted octanol–water partition coefficient (Wildman–Crippen LogP) is 3.29. The molecule has 0 aliphatic heterocycles. The molecule has 0 aromatic heterocycles. The van der Waals surface area contributed by atoms with Gasteiger partial charge in [-0.05, 0) is 29.2 Å². The quantitative estimate of drug-likeness (QED) is 0.609. The van der Waals surface area contributed by atoms with Crippen LogP contribution in [0.4, 0.5) is 5.69 Å². The molecule has 7 heteroatoms. The SMILES string of the molecule is CC(C)(C)c1ccc(OCC(=O)NCc2cc([N+](=O)[O-])ccc2O)cc1. The van der Waals surface area contributed by atoms with Crippen LogP contribution in [-0.4, -0.2) is 22.5 Å². The predicted molar refractivity (Wildman–Crippen MR) is 97.2 cm³/mol. The summed E-state index contributed by atoms with van der Waals surface area (Å²) in [5.41, 5.74) is 1.32. The summed E-state index contributed by atoms with van der Waals surface area (Å²) < 4.78 is 5.43. The average Bonchev–Trinajstić information content (AvgIpc) is 2.58. The Hall–Kier alpha value is -3.09. The molecule has 2 rings (SSSR count). The van der Waals surface area contributed by atoms with E-state index < -0.39 is 10.8 Å². The lowest BCUT2D eigenvalue weighted by Crippen LogP contribution is -2.28. The van der Waals surface area contributed by atoms with Crippen molar-refractivity contribution in [2.45, 2.75) is 32.7 Å². The van der Waals surface area contributed by atoms with E-state index in [1.165, 1.54) is 18.2 Å². The monoisotopic (exact) mass is 358 g/mol. The summed E-state index contributed by atoms with van der Waals surface area (Å²) in [5.74, 6) is 0.0664. The van der Waals surface area contributed by atoms with Gasteiger partial charge >= 0.3 is 0 Å². The summed E-state index contributed by atoms with van der Waals surface area (Å²) in [4.78, 5) is 22.1. The van der Waals surface area contributed by atoms with Gasteiger partial charge in [0.1, 0.15) is 11.5 Å². The number of carbonyl (C=O) groups excluding carboxylic acids is 1. The van der Waals surface area contributed by atoms with Crippen LogP contribution in [0.25, 0.3) is 0 Å². The number of rotatable bonds is 6. The fraction of sp³-hybridized carbons (Fsp3) is 0.316. The molecule has 26 heavy (non-hydrogen) atoms. The summed E-state index contributed by atoms with van der Waals surface area (Å²) in [5, 5.41) is 23.1. The van der Waals surface area contributed by atoms with E-state index in [0.717, 1.165) is 5.56 Å². The van der Waals surface area contributed by atoms with Crippen molar-refractivity contribution in [2.75, 3.05) is 6.61 Å². The third-order valence-corrected chi connectivity index (χ3v) is 3.84. The molecule has 0 unspecified atom stereocenters. The first-order valence-electron chi connectivity index (χ1n) is 8.13. The van der Waals surface area contributed by atoms with Crippen molar-refractivity contribution in [1.82, 2.24) is 5.32 Å². The summed E-state index contributed by atoms with van der Waals surface area (Å²) in [6.45, 7) is 6.11. The van der Waals surface area contributed by atoms with Gasteiger partial charge in [-0.2, -0.15) is 0 Å². The molecule has 0 aliphatic carbocycles. The van der Waals surface area contributed by atoms with Gasteiger partial charge in [0.15, 0.2) is 6.61 Å². The van der Waals surface area contributed by atoms with Crippen molar-refractivity contribution in [3.05, 3.63) is 63.7 Å². The number of amides is 1. The first kappa shape index (κ1) is 19.2. The van der Waals surface area contributed by atoms with Gasteiger partial charge in [0, 0.05) is 24.2 Å². The normalized spacial score (nSPS) is 11.0. The molecule has 2 aromatic rings. The number of hydrogen-bond donors (Lipinski definition) is 2. The van der Waals surface area contributed by atoms with Crippen molar-refractivity contribution >= 4 is 11.6 Å². The fourth-order valence-corrected chi connectivity index (χ4v) is 2.27. The third kappa shape index (κ3) is 5.20. The number of phenols is 1. The van der Waals surface area contributed by atoms with Crippen LogP contribution in [0.1, 0.15) is 31.9 Å². The molecule has 0 heterocycles. The number of aromatic hydroxyl groups is 1. The highest BCUT2D eigenvalue weighted by molar-refractivity contribution is 5.77. The number of phenolic OH excluding ortho intramolecular Hbond substituents is 1. The molecule has 0 aliphatic rings. The van der Waals surface area contributed by atoms with E-state index in [-0.39, 0.29) is 35.6 Å². The van der Waals surface area contributed by atoms with E-state index in [0.29, 0.717) is 5.75 Å². The second-order valence-electron chi connectivity index (χ2n) is 6.91. The van der Waals surface area contributed by atoms with Crippen molar-refractivity contribution in [2.24, 2.45) is 0 Å². The highest BCUT2D eigenvalue weighted by Crippen LogP contribution is 2.24. The molecule has 2 aromatic carbocycles. The Kier molecular flexibility index (Phi) is 5.82. The van der Waals surface area contributed by atoms with Crippen molar-refractivity contribution in [3.63, 3.8) is 0 Å². The first-order valence-corrected chi connectivity index (χ1v) is 8.13. The third-order valence-electron chi connectivity index (χ3n) is 3.84. The molecular formula is C19H22N2O5. The summed E-state index contributed by atoms with van der Waals surface area (Å²) in [7, 11) is 0. The Balaban J connectivity index is 1.88. The molecule has 0 radical (unpaired) electrons. The number of nitrogens with zero attached hydrogens (tertiary/aromatic N) is 1. The maximum absolute atomic E-state index is 11.9. The standard InChI is InChI=1S/C19H22N2O5/c1-19(2,3)14-4-7-16(8-5-14)26-12-18(23)20-11-13-10-15(21(24)25)6-9-17(13)22/h4-10,22H,11-12H2,1-3H3,(H,20,23). The fourth-order valence-electron chi connectivity index (χ4n) is 2.27. The molecule has 0 saturated carbocycles. The summed E-state index contributed by atoms with van der Waals surface area (Å²) >= 11 is 0. The maximum Gasteiger partial charge on any atom is 0.270 e. The van der Waals surface area contributed by atoms with E-state index >= 15 is 0 Å². The summed E-state index contributed by atoms with van der Waals surface area (Å²) in [6, 6.07) is 11.2. The molecule has 2 N–H and O–H groups in total. The number of nitro benzene ring substituents is 1. The maximum atomic E-state index is 11.9. The van der Waals surface area contributed by atoms with Crippen LogP contribution in [0.3, 0.4) is 0 Å². The number of nitrogens with one attached hydrogen (secondary N) is 1. The molecule has 0 atom stereocenters. The number of nitro groups is 1. The second-order valence-corrected chi connectivity index (χ2v) is 6.91. The van der Waals surface area contributed by atoms with Crippen molar-refractivity contribution < 1.29 is 19.6 Å². The van der Waals surface area contributed by atoms with Crippen LogP contribution >= 0.6 is 0 Å². The van der Waals surface area contributed by atoms with Gasteiger partial charge in [-0.15, -0.1) is 0 Å². The highest BCUT2D eigenvalue weighted by atomic mass is 16.6. The zero-order chi connectivity index (χ0) is 19.3. The van der Waals surface area contributed by atoms with E-state index in [2.05, 4.69) is 26.1 Å². The van der Waals surface area contributed by atoms with Crippen molar-refractivity contribution in [3.8, 4) is 11.5 Å². The Morgan fingerprint density at radius 2 is 1.85 bits per heavy atom. The van der Waals surface area contributed by atoms with E-state index in [1.54, 1.807) is 12.1 Å². The number of carbonyl (C=O) groups is 1. The lowest BCUT2D eigenvalue weighted by molar-refractivity contribution is -0.384. The van der Waals surface area contributed by atoms with Crippen LogP contribution in [0.15, 0.2) is 42.5 Å². The van der Waals surface area contributed by atoms with E-state index in [1.807, 2.05) is 12.1 Å². The lowest BCUT2D eigenvalue weighted by atomic mass is 9.87. The Morgan fingerprint density at radius 1 is 1.19 bits per heavy atom. The van der Waals surface area contributed by atoms with Gasteiger partial charge in [-0.1, -0.05) is 32.9 Å². The number of non-ortho nitro benzene ring substituents is 1. The lowest BCUT2D eigenvalue weighted by Gasteiger charge is -2.19. The zero-order valence-electron chi connectivity index (χ0n) is 15.0. The topological polar surface area (TPSA) is 102 Å². The zero-order valence-corrected chi connectivity index (χ0v) is 15.0. The van der Waals surface area contributed by atoms with E-state index in [9.17, 15) is 20.0 Å².